The topological polar surface area (TPSA) is 199 Å². The van der Waals surface area contributed by atoms with Crippen molar-refractivity contribution in [2.24, 2.45) is 0 Å². The van der Waals surface area contributed by atoms with Crippen molar-refractivity contribution in [1.29, 1.82) is 0 Å². The first-order chi connectivity index (χ1) is 31.3. The molecule has 65 heavy (non-hydrogen) atoms. The summed E-state index contributed by atoms with van der Waals surface area (Å²) in [6, 6.07) is 17.9. The molecule has 0 aliphatic carbocycles. The van der Waals surface area contributed by atoms with E-state index in [1.807, 2.05) is 41.3 Å². The number of nitrogens with zero attached hydrogens (tertiary/aromatic N) is 6. The summed E-state index contributed by atoms with van der Waals surface area (Å²) in [5.74, 6) is -0.663. The van der Waals surface area contributed by atoms with Crippen LogP contribution >= 0.6 is 18.7 Å². The Morgan fingerprint density at radius 3 is 2.37 bits per heavy atom. The molecule has 5 heterocycles. The predicted octanol–water partition coefficient (Wildman–Crippen LogP) is 5.67. The molecule has 0 bridgehead atoms. The molecule has 4 N–H and O–H groups in total. The summed E-state index contributed by atoms with van der Waals surface area (Å²) in [5, 5.41) is 13.0. The van der Waals surface area contributed by atoms with Gasteiger partial charge in [0.05, 0.1) is 35.8 Å². The van der Waals surface area contributed by atoms with Crippen molar-refractivity contribution in [1.82, 2.24) is 30.0 Å². The maximum absolute atomic E-state index is 13.4. The summed E-state index contributed by atoms with van der Waals surface area (Å²) < 4.78 is 18.7. The van der Waals surface area contributed by atoms with Gasteiger partial charge in [0.1, 0.15) is 24.0 Å². The number of rotatable bonds is 15. The Labute approximate surface area is 383 Å². The number of carbonyl (C=O) groups excluding carboxylic acids is 5. The van der Waals surface area contributed by atoms with Crippen LogP contribution in [0, 0.1) is 0 Å². The number of unbranched alkanes of at least 4 members (excludes halogenated alkanes) is 1. The number of piperidine rings is 2. The quantitative estimate of drug-likeness (QED) is 0.0646. The van der Waals surface area contributed by atoms with Gasteiger partial charge in [-0.05, 0) is 81.8 Å². The van der Waals surface area contributed by atoms with Crippen LogP contribution < -0.4 is 36.2 Å². The first-order valence-corrected chi connectivity index (χ1v) is 25.0. The van der Waals surface area contributed by atoms with Gasteiger partial charge in [-0.1, -0.05) is 29.8 Å². The van der Waals surface area contributed by atoms with Crippen LogP contribution in [0.25, 0.3) is 0 Å². The number of halogens is 1. The Kier molecular flexibility index (Phi) is 13.7. The molecule has 0 saturated carbocycles. The largest absolute Gasteiger partial charge is 0.494 e. The van der Waals surface area contributed by atoms with E-state index < -0.39 is 36.8 Å². The minimum Gasteiger partial charge on any atom is -0.494 e. The van der Waals surface area contributed by atoms with Crippen molar-refractivity contribution >= 4 is 88.1 Å². The number of piperazine rings is 1. The molecular formula is C46H54ClN10O7P. The first-order valence-electron chi connectivity index (χ1n) is 22.0. The fourth-order valence-corrected chi connectivity index (χ4v) is 10.4. The Morgan fingerprint density at radius 2 is 1.63 bits per heavy atom. The maximum atomic E-state index is 13.4. The van der Waals surface area contributed by atoms with Crippen molar-refractivity contribution < 1.29 is 33.3 Å². The van der Waals surface area contributed by atoms with E-state index in [0.717, 1.165) is 49.6 Å². The number of para-hydroxylation sites is 1. The highest BCUT2D eigenvalue weighted by molar-refractivity contribution is 7.70. The molecule has 0 radical (unpaired) electrons. The Hall–Kier alpha value is -6.03. The standard InChI is InChI=1S/C46H54ClN10O7P/c1-64-37-27-30(14-15-33(37)51-46-49-28-32(47)42(53-46)50-34-10-4-5-12-38(34)65(2,3)63)54-21-18-29(19-22-54)55-23-25-56(26-24-55)40(59)13-6-7-20-48-35-11-8-9-31-41(35)45(62)57(44(31)61)36-16-17-39(58)52-43(36)60/h4-5,8-12,14-15,27-29,36,48H,6-7,13,16-26H2,1-3H3,(H,52,58,60)(H2,49,50,51,53). The Morgan fingerprint density at radius 1 is 0.877 bits per heavy atom. The molecule has 8 rings (SSSR count). The average molecular weight is 925 g/mol. The number of nitrogens with one attached hydrogen (secondary N) is 4. The van der Waals surface area contributed by atoms with Crippen molar-refractivity contribution in [3.8, 4) is 5.75 Å². The second-order valence-corrected chi connectivity index (χ2v) is 20.7. The lowest BCUT2D eigenvalue weighted by molar-refractivity contribution is -0.136. The number of aromatic nitrogens is 2. The number of ether oxygens (including phenoxy) is 1. The summed E-state index contributed by atoms with van der Waals surface area (Å²) in [7, 11) is -0.933. The van der Waals surface area contributed by atoms with E-state index in [2.05, 4.69) is 47.1 Å². The molecule has 17 nitrogen and oxygen atoms in total. The first kappa shape index (κ1) is 45.5. The van der Waals surface area contributed by atoms with Crippen LogP contribution in [0.4, 0.5) is 34.5 Å². The van der Waals surface area contributed by atoms with E-state index in [0.29, 0.717) is 89.8 Å². The summed E-state index contributed by atoms with van der Waals surface area (Å²) in [5.41, 5.74) is 3.39. The molecule has 3 saturated heterocycles. The zero-order valence-corrected chi connectivity index (χ0v) is 38.4. The van der Waals surface area contributed by atoms with E-state index in [-0.39, 0.29) is 29.9 Å². The number of fused-ring (bicyclic) bond motifs is 1. The zero-order valence-electron chi connectivity index (χ0n) is 36.8. The van der Waals surface area contributed by atoms with Gasteiger partial charge in [-0.25, -0.2) is 4.98 Å². The van der Waals surface area contributed by atoms with Gasteiger partial charge in [0.15, 0.2) is 5.82 Å². The SMILES string of the molecule is COc1cc(N2CCC(N3CCN(C(=O)CCCCNc4cccc5c4C(=O)N(C4CCC(=O)NC4=O)C5=O)CC3)CC2)ccc1Nc1ncc(Cl)c(Nc2ccccc2P(C)(C)=O)n1. The van der Waals surface area contributed by atoms with Crippen LogP contribution in [0.1, 0.15) is 65.7 Å². The smallest absolute Gasteiger partial charge is 0.264 e. The lowest BCUT2D eigenvalue weighted by Crippen LogP contribution is -2.54. The highest BCUT2D eigenvalue weighted by Gasteiger charge is 2.45. The minimum atomic E-state index is -2.56. The summed E-state index contributed by atoms with van der Waals surface area (Å²) >= 11 is 6.48. The van der Waals surface area contributed by atoms with E-state index >= 15 is 0 Å². The van der Waals surface area contributed by atoms with Crippen LogP contribution in [0.2, 0.25) is 5.02 Å². The van der Waals surface area contributed by atoms with E-state index in [9.17, 15) is 28.5 Å². The maximum Gasteiger partial charge on any atom is 0.264 e. The molecule has 1 unspecified atom stereocenters. The van der Waals surface area contributed by atoms with Gasteiger partial charge in [0.25, 0.3) is 11.8 Å². The normalized spacial score (nSPS) is 18.4. The molecule has 4 aromatic rings. The van der Waals surface area contributed by atoms with Gasteiger partial charge >= 0.3 is 0 Å². The molecule has 1 atom stereocenters. The van der Waals surface area contributed by atoms with E-state index in [4.69, 9.17) is 16.3 Å². The van der Waals surface area contributed by atoms with Crippen LogP contribution in [0.3, 0.4) is 0 Å². The number of hydrogen-bond acceptors (Lipinski definition) is 14. The molecule has 4 aliphatic heterocycles. The summed E-state index contributed by atoms with van der Waals surface area (Å²) in [6.45, 7) is 8.79. The molecule has 342 valence electrons. The number of carbonyl (C=O) groups is 5. The Bertz CT molecular complexity index is 2540. The lowest BCUT2D eigenvalue weighted by Gasteiger charge is -2.43. The minimum absolute atomic E-state index is 0.0609. The molecule has 4 aliphatic rings. The van der Waals surface area contributed by atoms with E-state index in [1.54, 1.807) is 38.6 Å². The third-order valence-electron chi connectivity index (χ3n) is 12.5. The number of anilines is 6. The molecule has 3 aromatic carbocycles. The lowest BCUT2D eigenvalue weighted by atomic mass is 10.0. The van der Waals surface area contributed by atoms with Gasteiger partial charge in [0.2, 0.25) is 23.7 Å². The van der Waals surface area contributed by atoms with Crippen molar-refractivity contribution in [3.05, 3.63) is 83.0 Å². The second kappa shape index (κ2) is 19.6. The van der Waals surface area contributed by atoms with Gasteiger partial charge < -0.3 is 35.1 Å². The number of benzene rings is 3. The zero-order chi connectivity index (χ0) is 45.8. The van der Waals surface area contributed by atoms with Crippen LogP contribution in [-0.2, 0) is 18.9 Å². The number of methoxy groups -OCH3 is 1. The van der Waals surface area contributed by atoms with Crippen LogP contribution in [0.15, 0.2) is 66.9 Å². The Balaban J connectivity index is 0.766. The van der Waals surface area contributed by atoms with Crippen LogP contribution in [0.5, 0.6) is 5.75 Å². The molecule has 5 amide bonds. The highest BCUT2D eigenvalue weighted by Crippen LogP contribution is 2.39. The van der Waals surface area contributed by atoms with Gasteiger partial charge in [0, 0.05) is 87.4 Å². The fourth-order valence-electron chi connectivity index (χ4n) is 9.06. The fraction of sp³-hybridized carbons (Fsp3) is 0.413. The molecule has 1 aromatic heterocycles. The van der Waals surface area contributed by atoms with Gasteiger partial charge in [-0.3, -0.25) is 39.1 Å². The van der Waals surface area contributed by atoms with Gasteiger partial charge in [-0.2, -0.15) is 4.98 Å². The molecule has 0 spiro atoms. The molecule has 3 fully saturated rings. The van der Waals surface area contributed by atoms with Crippen molar-refractivity contribution in [2.45, 2.75) is 57.0 Å². The monoisotopic (exact) mass is 924 g/mol. The number of amides is 5. The number of hydrogen-bond donors (Lipinski definition) is 4. The van der Waals surface area contributed by atoms with Crippen molar-refractivity contribution in [3.63, 3.8) is 0 Å². The molecular weight excluding hydrogens is 871 g/mol. The summed E-state index contributed by atoms with van der Waals surface area (Å²) in [6.07, 6.45) is 5.47. The van der Waals surface area contributed by atoms with Crippen LogP contribution in [-0.4, -0.2) is 133 Å². The third kappa shape index (κ3) is 10.1. The highest BCUT2D eigenvalue weighted by atomic mass is 35.5. The van der Waals surface area contributed by atoms with Gasteiger partial charge in [-0.15, -0.1) is 0 Å². The number of imide groups is 2. The second-order valence-electron chi connectivity index (χ2n) is 17.1. The third-order valence-corrected chi connectivity index (χ3v) is 14.4. The molecule has 19 heteroatoms. The van der Waals surface area contributed by atoms with Crippen molar-refractivity contribution in [2.75, 3.05) is 87.1 Å². The predicted molar refractivity (Wildman–Crippen MR) is 251 cm³/mol. The average Bonchev–Trinajstić information content (AvgIpc) is 3.56. The van der Waals surface area contributed by atoms with E-state index in [1.165, 1.54) is 6.20 Å². The summed E-state index contributed by atoms with van der Waals surface area (Å²) in [4.78, 5) is 80.6.